The van der Waals surface area contributed by atoms with Crippen molar-refractivity contribution < 1.29 is 28.7 Å². The first-order valence-corrected chi connectivity index (χ1v) is 11.8. The number of benzene rings is 1. The zero-order valence-electron chi connectivity index (χ0n) is 18.8. The van der Waals surface area contributed by atoms with Crippen LogP contribution in [0.3, 0.4) is 0 Å². The molecule has 1 aliphatic carbocycles. The fourth-order valence-corrected chi connectivity index (χ4v) is 4.15. The molecule has 3 N–H and O–H groups in total. The molecule has 1 saturated heterocycles. The summed E-state index contributed by atoms with van der Waals surface area (Å²) in [4.78, 5) is 49.0. The van der Waals surface area contributed by atoms with Crippen LogP contribution in [0.2, 0.25) is 0 Å². The monoisotopic (exact) mass is 459 g/mol. The average Bonchev–Trinajstić information content (AvgIpc) is 3.35. The van der Waals surface area contributed by atoms with Crippen molar-refractivity contribution in [3.05, 3.63) is 35.9 Å². The van der Waals surface area contributed by atoms with Crippen LogP contribution in [0.4, 0.5) is 9.59 Å². The van der Waals surface area contributed by atoms with E-state index in [4.69, 9.17) is 9.47 Å². The largest absolute Gasteiger partial charge is 0.446 e. The number of rotatable bonds is 9. The number of hydrogen-bond acceptors (Lipinski definition) is 7. The standard InChI is InChI=1S/C24H33N3O6/c28-21(13-15-26-23(30)33-22(29)19-12-7-14-25-19)20(16-17-8-3-1-4-9-17)27-24(31)32-18-10-5-2-6-11-18/h1,3-4,8-9,18-20,25H,2,5-7,10-16H2,(H,26,30)(H,27,31)/t19-,20?/m0/s1. The fraction of sp³-hybridized carbons (Fsp3) is 0.583. The second kappa shape index (κ2) is 12.9. The Morgan fingerprint density at radius 1 is 0.970 bits per heavy atom. The molecule has 1 aromatic carbocycles. The molecule has 2 amide bonds. The van der Waals surface area contributed by atoms with Gasteiger partial charge in [-0.3, -0.25) is 4.79 Å². The molecule has 2 aliphatic rings. The van der Waals surface area contributed by atoms with E-state index in [1.54, 1.807) is 0 Å². The van der Waals surface area contributed by atoms with E-state index in [9.17, 15) is 19.2 Å². The molecule has 3 rings (SSSR count). The minimum atomic E-state index is -0.884. The van der Waals surface area contributed by atoms with E-state index in [0.29, 0.717) is 12.8 Å². The third-order valence-electron chi connectivity index (χ3n) is 5.97. The van der Waals surface area contributed by atoms with Crippen molar-refractivity contribution in [1.29, 1.82) is 0 Å². The predicted molar refractivity (Wildman–Crippen MR) is 121 cm³/mol. The van der Waals surface area contributed by atoms with Crippen molar-refractivity contribution in [2.24, 2.45) is 0 Å². The molecule has 0 radical (unpaired) electrons. The van der Waals surface area contributed by atoms with Crippen LogP contribution in [0, 0.1) is 0 Å². The van der Waals surface area contributed by atoms with E-state index >= 15 is 0 Å². The van der Waals surface area contributed by atoms with E-state index in [1.807, 2.05) is 30.3 Å². The average molecular weight is 460 g/mol. The van der Waals surface area contributed by atoms with Crippen molar-refractivity contribution in [2.75, 3.05) is 13.1 Å². The number of alkyl carbamates (subject to hydrolysis) is 2. The van der Waals surface area contributed by atoms with Gasteiger partial charge in [-0.2, -0.15) is 0 Å². The maximum absolute atomic E-state index is 12.8. The van der Waals surface area contributed by atoms with Crippen LogP contribution in [0.15, 0.2) is 30.3 Å². The number of amides is 2. The Morgan fingerprint density at radius 3 is 2.42 bits per heavy atom. The normalized spacial score (nSPS) is 19.3. The molecule has 2 fully saturated rings. The Hall–Kier alpha value is -2.94. The van der Waals surface area contributed by atoms with E-state index in [0.717, 1.165) is 50.6 Å². The van der Waals surface area contributed by atoms with Gasteiger partial charge in [0.1, 0.15) is 12.1 Å². The maximum atomic E-state index is 12.8. The molecule has 1 aromatic rings. The molecule has 1 unspecified atom stereocenters. The molecular formula is C24H33N3O6. The Balaban J connectivity index is 1.48. The first kappa shape index (κ1) is 24.7. The van der Waals surface area contributed by atoms with Gasteiger partial charge in [-0.05, 0) is 57.1 Å². The van der Waals surface area contributed by atoms with Gasteiger partial charge in [-0.1, -0.05) is 36.8 Å². The van der Waals surface area contributed by atoms with Crippen molar-refractivity contribution in [3.8, 4) is 0 Å². The molecule has 2 atom stereocenters. The second-order valence-electron chi connectivity index (χ2n) is 8.55. The van der Waals surface area contributed by atoms with E-state index < -0.39 is 30.2 Å². The molecule has 1 aliphatic heterocycles. The highest BCUT2D eigenvalue weighted by atomic mass is 16.6. The molecule has 180 valence electrons. The zero-order valence-corrected chi connectivity index (χ0v) is 18.8. The molecule has 1 saturated carbocycles. The Morgan fingerprint density at radius 2 is 1.73 bits per heavy atom. The number of hydrogen-bond donors (Lipinski definition) is 3. The van der Waals surface area contributed by atoms with Crippen LogP contribution in [0.1, 0.15) is 56.9 Å². The van der Waals surface area contributed by atoms with Crippen molar-refractivity contribution >= 4 is 23.9 Å². The summed E-state index contributed by atoms with van der Waals surface area (Å²) in [6, 6.07) is 8.12. The molecule has 0 aromatic heterocycles. The van der Waals surface area contributed by atoms with E-state index in [1.165, 1.54) is 0 Å². The Labute approximate surface area is 194 Å². The maximum Gasteiger partial charge on any atom is 0.414 e. The van der Waals surface area contributed by atoms with Crippen LogP contribution in [-0.4, -0.2) is 55.2 Å². The van der Waals surface area contributed by atoms with Crippen LogP contribution in [0.25, 0.3) is 0 Å². The van der Waals surface area contributed by atoms with Crippen molar-refractivity contribution in [1.82, 2.24) is 16.0 Å². The summed E-state index contributed by atoms with van der Waals surface area (Å²) in [6.45, 7) is 0.711. The third-order valence-corrected chi connectivity index (χ3v) is 5.97. The van der Waals surface area contributed by atoms with E-state index in [-0.39, 0.29) is 24.9 Å². The number of Topliss-reactive ketones (excluding diaryl/α,β-unsaturated/α-hetero) is 1. The van der Waals surface area contributed by atoms with Gasteiger partial charge in [-0.25, -0.2) is 14.4 Å². The molecular weight excluding hydrogens is 426 g/mol. The smallest absolute Gasteiger partial charge is 0.414 e. The zero-order chi connectivity index (χ0) is 23.5. The van der Waals surface area contributed by atoms with Gasteiger partial charge in [0.2, 0.25) is 0 Å². The highest BCUT2D eigenvalue weighted by Gasteiger charge is 2.27. The lowest BCUT2D eigenvalue weighted by Crippen LogP contribution is -2.45. The number of esters is 1. The van der Waals surface area contributed by atoms with Gasteiger partial charge in [0.05, 0.1) is 6.04 Å². The topological polar surface area (TPSA) is 123 Å². The van der Waals surface area contributed by atoms with Gasteiger partial charge in [-0.15, -0.1) is 0 Å². The summed E-state index contributed by atoms with van der Waals surface area (Å²) < 4.78 is 10.3. The number of carbonyl (C=O) groups excluding carboxylic acids is 4. The summed E-state index contributed by atoms with van der Waals surface area (Å²) in [7, 11) is 0. The summed E-state index contributed by atoms with van der Waals surface area (Å²) in [5.74, 6) is -0.867. The highest BCUT2D eigenvalue weighted by Crippen LogP contribution is 2.20. The van der Waals surface area contributed by atoms with Gasteiger partial charge >= 0.3 is 18.2 Å². The fourth-order valence-electron chi connectivity index (χ4n) is 4.15. The number of ether oxygens (including phenoxy) is 2. The number of carbonyl (C=O) groups is 4. The molecule has 0 spiro atoms. The minimum absolute atomic E-state index is 0.00627. The van der Waals surface area contributed by atoms with Crippen LogP contribution in [-0.2, 0) is 25.5 Å². The van der Waals surface area contributed by atoms with Crippen LogP contribution < -0.4 is 16.0 Å². The quantitative estimate of drug-likeness (QED) is 0.383. The minimum Gasteiger partial charge on any atom is -0.446 e. The molecule has 0 bridgehead atoms. The lowest BCUT2D eigenvalue weighted by atomic mass is 9.98. The lowest BCUT2D eigenvalue weighted by molar-refractivity contribution is -0.139. The number of ketones is 1. The predicted octanol–water partition coefficient (Wildman–Crippen LogP) is 2.62. The summed E-state index contributed by atoms with van der Waals surface area (Å²) in [5.41, 5.74) is 0.899. The van der Waals surface area contributed by atoms with E-state index in [2.05, 4.69) is 16.0 Å². The molecule has 1 heterocycles. The molecule has 9 nitrogen and oxygen atoms in total. The van der Waals surface area contributed by atoms with Gasteiger partial charge in [0.25, 0.3) is 0 Å². The second-order valence-corrected chi connectivity index (χ2v) is 8.55. The van der Waals surface area contributed by atoms with Crippen molar-refractivity contribution in [2.45, 2.75) is 76.0 Å². The van der Waals surface area contributed by atoms with Crippen LogP contribution in [0.5, 0.6) is 0 Å². The van der Waals surface area contributed by atoms with Gasteiger partial charge in [0, 0.05) is 13.0 Å². The SMILES string of the molecule is O=C(NCCC(=O)C(Cc1ccccc1)NC(=O)OC1CCCCC1)OC(=O)[C@@H]1CCCN1. The number of nitrogens with one attached hydrogen (secondary N) is 3. The summed E-state index contributed by atoms with van der Waals surface area (Å²) in [5, 5.41) is 8.09. The van der Waals surface area contributed by atoms with Crippen LogP contribution >= 0.6 is 0 Å². The first-order valence-electron chi connectivity index (χ1n) is 11.8. The lowest BCUT2D eigenvalue weighted by Gasteiger charge is -2.24. The Bertz CT molecular complexity index is 804. The van der Waals surface area contributed by atoms with Gasteiger partial charge in [0.15, 0.2) is 5.78 Å². The molecule has 9 heteroatoms. The highest BCUT2D eigenvalue weighted by molar-refractivity contribution is 5.89. The summed E-state index contributed by atoms with van der Waals surface area (Å²) >= 11 is 0. The van der Waals surface area contributed by atoms with Gasteiger partial charge < -0.3 is 25.4 Å². The summed E-state index contributed by atoms with van der Waals surface area (Å²) in [6.07, 6.45) is 5.08. The third kappa shape index (κ3) is 8.49. The Kier molecular flexibility index (Phi) is 9.68. The van der Waals surface area contributed by atoms with Crippen molar-refractivity contribution in [3.63, 3.8) is 0 Å². The first-order chi connectivity index (χ1) is 16.0. The molecule has 33 heavy (non-hydrogen) atoms.